The van der Waals surface area contributed by atoms with E-state index in [1.54, 1.807) is 18.5 Å². The topological polar surface area (TPSA) is 47.0 Å². The van der Waals surface area contributed by atoms with Gasteiger partial charge in [0.1, 0.15) is 5.83 Å². The number of halogens is 1. The van der Waals surface area contributed by atoms with E-state index in [0.717, 1.165) is 11.4 Å². The van der Waals surface area contributed by atoms with Gasteiger partial charge in [-0.15, -0.1) is 0 Å². The first kappa shape index (κ1) is 17.4. The van der Waals surface area contributed by atoms with Gasteiger partial charge in [-0.3, -0.25) is 9.98 Å². The van der Waals surface area contributed by atoms with Crippen LogP contribution in [-0.2, 0) is 9.31 Å². The smallest absolute Gasteiger partial charge is 0.399 e. The molecule has 7 heteroatoms. The molecule has 5 nitrogen and oxygen atoms in total. The monoisotopic (exact) mass is 355 g/mol. The number of nitrogens with zero attached hydrogens (tertiary/aromatic N) is 3. The fourth-order valence-electron chi connectivity index (χ4n) is 3.32. The molecule has 136 valence electrons. The Hall–Kier alpha value is -1.99. The molecule has 1 saturated heterocycles. The largest absolute Gasteiger partial charge is 0.499 e. The van der Waals surface area contributed by atoms with Crippen molar-refractivity contribution in [2.75, 3.05) is 0 Å². The zero-order valence-corrected chi connectivity index (χ0v) is 15.7. The van der Waals surface area contributed by atoms with Crippen LogP contribution in [0.2, 0.25) is 0 Å². The molecule has 0 aromatic carbocycles. The molecule has 0 amide bonds. The highest BCUT2D eigenvalue weighted by molar-refractivity contribution is 6.56. The van der Waals surface area contributed by atoms with E-state index < -0.39 is 18.3 Å². The highest BCUT2D eigenvalue weighted by Gasteiger charge is 2.54. The molecule has 1 fully saturated rings. The Bertz CT molecular complexity index is 818. The van der Waals surface area contributed by atoms with Crippen LogP contribution >= 0.6 is 0 Å². The van der Waals surface area contributed by atoms with E-state index in [2.05, 4.69) is 9.98 Å². The van der Waals surface area contributed by atoms with Gasteiger partial charge in [-0.25, -0.2) is 4.39 Å². The second kappa shape index (κ2) is 5.76. The van der Waals surface area contributed by atoms with Gasteiger partial charge >= 0.3 is 7.12 Å². The summed E-state index contributed by atoms with van der Waals surface area (Å²) in [6, 6.07) is 5.61. The first-order valence-corrected chi connectivity index (χ1v) is 8.87. The zero-order chi connectivity index (χ0) is 18.7. The lowest BCUT2D eigenvalue weighted by molar-refractivity contribution is 0.00578. The van der Waals surface area contributed by atoms with Crippen molar-refractivity contribution in [3.05, 3.63) is 53.2 Å². The van der Waals surface area contributed by atoms with Crippen molar-refractivity contribution < 1.29 is 13.7 Å². The van der Waals surface area contributed by atoms with Crippen LogP contribution in [0.1, 0.15) is 45.2 Å². The summed E-state index contributed by atoms with van der Waals surface area (Å²) in [6.07, 6.45) is 4.80. The van der Waals surface area contributed by atoms with Crippen molar-refractivity contribution in [1.82, 2.24) is 9.88 Å². The van der Waals surface area contributed by atoms with Crippen LogP contribution < -0.4 is 0 Å². The lowest BCUT2D eigenvalue weighted by Gasteiger charge is -2.32. The van der Waals surface area contributed by atoms with E-state index in [4.69, 9.17) is 9.31 Å². The number of fused-ring (bicyclic) bond motifs is 1. The van der Waals surface area contributed by atoms with Gasteiger partial charge in [0.25, 0.3) is 0 Å². The molecule has 2 unspecified atom stereocenters. The highest BCUT2D eigenvalue weighted by atomic mass is 19.1. The molecule has 1 aromatic heterocycles. The molecule has 4 rings (SSSR count). The zero-order valence-electron chi connectivity index (χ0n) is 15.7. The van der Waals surface area contributed by atoms with Crippen LogP contribution in [0.25, 0.3) is 0 Å². The minimum Gasteiger partial charge on any atom is -0.399 e. The van der Waals surface area contributed by atoms with Gasteiger partial charge in [-0.05, 0) is 52.8 Å². The summed E-state index contributed by atoms with van der Waals surface area (Å²) >= 11 is 0. The first-order chi connectivity index (χ1) is 12.2. The van der Waals surface area contributed by atoms with E-state index in [1.165, 1.54) is 0 Å². The van der Waals surface area contributed by atoms with E-state index in [1.807, 2.05) is 57.7 Å². The fourth-order valence-corrected chi connectivity index (χ4v) is 3.32. The molecule has 4 heterocycles. The second-order valence-corrected chi connectivity index (χ2v) is 8.00. The maximum Gasteiger partial charge on any atom is 0.499 e. The van der Waals surface area contributed by atoms with Crippen molar-refractivity contribution in [1.29, 1.82) is 0 Å². The third-order valence-electron chi connectivity index (χ3n) is 5.57. The molecule has 0 saturated carbocycles. The molecule has 1 aromatic rings. The Morgan fingerprint density at radius 2 is 1.85 bits per heavy atom. The van der Waals surface area contributed by atoms with Crippen molar-refractivity contribution in [3.63, 3.8) is 0 Å². The summed E-state index contributed by atoms with van der Waals surface area (Å²) in [5, 5.41) is 0. The average molecular weight is 355 g/mol. The van der Waals surface area contributed by atoms with Crippen molar-refractivity contribution >= 4 is 13.3 Å². The van der Waals surface area contributed by atoms with Crippen molar-refractivity contribution in [2.45, 2.75) is 58.0 Å². The van der Waals surface area contributed by atoms with Crippen molar-refractivity contribution in [3.8, 4) is 0 Å². The number of aromatic nitrogens is 1. The average Bonchev–Trinajstić information content (AvgIpc) is 3.04. The molecule has 0 bridgehead atoms. The molecule has 0 N–H and O–H groups in total. The third-order valence-corrected chi connectivity index (χ3v) is 5.57. The van der Waals surface area contributed by atoms with Crippen LogP contribution in [0.3, 0.4) is 0 Å². The Morgan fingerprint density at radius 1 is 1.15 bits per heavy atom. The number of hydrogen-bond acceptors (Lipinski definition) is 5. The Labute approximate surface area is 153 Å². The van der Waals surface area contributed by atoms with Gasteiger partial charge in [-0.1, -0.05) is 6.07 Å². The standard InChI is InChI=1S/C19H23BFN3O2/c1-12-7-6-8-16(23-12)17-22-10-13-9-15(21)14(11-24(13)17)20-25-18(2,3)19(4,5)26-20/h6-11,13,17H,1-5H3. The minimum absolute atomic E-state index is 0.228. The minimum atomic E-state index is -0.746. The molecule has 3 aliphatic heterocycles. The highest BCUT2D eigenvalue weighted by Crippen LogP contribution is 2.42. The molecule has 2 atom stereocenters. The summed E-state index contributed by atoms with van der Waals surface area (Å²) in [7, 11) is -0.746. The normalized spacial score (nSPS) is 28.8. The quantitative estimate of drug-likeness (QED) is 0.762. The molecule has 3 aliphatic rings. The maximum atomic E-state index is 14.8. The van der Waals surface area contributed by atoms with Gasteiger partial charge in [-0.2, -0.15) is 0 Å². The predicted molar refractivity (Wildman–Crippen MR) is 99.2 cm³/mol. The van der Waals surface area contributed by atoms with Gasteiger partial charge < -0.3 is 14.2 Å². The molecular weight excluding hydrogens is 332 g/mol. The third kappa shape index (κ3) is 2.70. The fraction of sp³-hybridized carbons (Fsp3) is 0.474. The van der Waals surface area contributed by atoms with Crippen LogP contribution in [0.4, 0.5) is 4.39 Å². The number of aryl methyl sites for hydroxylation is 1. The summed E-state index contributed by atoms with van der Waals surface area (Å²) in [5.74, 6) is -0.325. The Kier molecular flexibility index (Phi) is 3.86. The molecule has 0 radical (unpaired) electrons. The SMILES string of the molecule is Cc1cccc(C2N=CC3C=C(F)C(B4OC(C)(C)C(C)(C)O4)=CN32)n1. The number of aliphatic imine (C=N–C) groups is 1. The summed E-state index contributed by atoms with van der Waals surface area (Å²) in [4.78, 5) is 11.1. The van der Waals surface area contributed by atoms with E-state index in [0.29, 0.717) is 5.47 Å². The second-order valence-electron chi connectivity index (χ2n) is 8.00. The molecule has 26 heavy (non-hydrogen) atoms. The van der Waals surface area contributed by atoms with E-state index >= 15 is 0 Å². The predicted octanol–water partition coefficient (Wildman–Crippen LogP) is 3.53. The Morgan fingerprint density at radius 3 is 2.50 bits per heavy atom. The van der Waals surface area contributed by atoms with Crippen molar-refractivity contribution in [2.24, 2.45) is 4.99 Å². The molecule has 0 spiro atoms. The lowest BCUT2D eigenvalue weighted by atomic mass is 9.76. The van der Waals surface area contributed by atoms with Gasteiger partial charge in [0, 0.05) is 23.6 Å². The van der Waals surface area contributed by atoms with Crippen LogP contribution in [0.5, 0.6) is 0 Å². The maximum absolute atomic E-state index is 14.8. The van der Waals surface area contributed by atoms with E-state index in [9.17, 15) is 4.39 Å². The van der Waals surface area contributed by atoms with Gasteiger partial charge in [0.15, 0.2) is 6.17 Å². The molecule has 0 aliphatic carbocycles. The van der Waals surface area contributed by atoms with Gasteiger partial charge in [0.2, 0.25) is 0 Å². The summed E-state index contributed by atoms with van der Waals surface area (Å²) < 4.78 is 26.8. The number of rotatable bonds is 2. The Balaban J connectivity index is 1.66. The van der Waals surface area contributed by atoms with Crippen LogP contribution in [-0.4, -0.2) is 40.5 Å². The van der Waals surface area contributed by atoms with Crippen LogP contribution in [0.15, 0.2) is 46.8 Å². The van der Waals surface area contributed by atoms with Gasteiger partial charge in [0.05, 0.1) is 22.9 Å². The molecular formula is C19H23BFN3O2. The van der Waals surface area contributed by atoms with Crippen LogP contribution in [0, 0.1) is 6.92 Å². The lowest BCUT2D eigenvalue weighted by Crippen LogP contribution is -2.41. The number of hydrogen-bond donors (Lipinski definition) is 0. The number of allylic oxidation sites excluding steroid dienone is 2. The first-order valence-electron chi connectivity index (χ1n) is 8.87. The van der Waals surface area contributed by atoms with E-state index in [-0.39, 0.29) is 18.0 Å². The number of pyridine rings is 1. The summed E-state index contributed by atoms with van der Waals surface area (Å²) in [5.41, 5.74) is 1.12. The summed E-state index contributed by atoms with van der Waals surface area (Å²) in [6.45, 7) is 9.78.